The number of nitrogens with two attached hydrogens (primary N) is 1. The number of urea groups is 1. The van der Waals surface area contributed by atoms with Crippen LogP contribution in [0.15, 0.2) is 24.3 Å². The number of rotatable bonds is 3. The fourth-order valence-corrected chi connectivity index (χ4v) is 1.42. The zero-order valence-electron chi connectivity index (χ0n) is 8.66. The lowest BCUT2D eigenvalue weighted by atomic mass is 10.3. The molecule has 0 aliphatic carbocycles. The molecule has 0 aliphatic rings. The average Bonchev–Trinajstić information content (AvgIpc) is 2.20. The third kappa shape index (κ3) is 4.05. The monoisotopic (exact) mass is 333 g/mol. The number of carbonyl (C=O) groups is 2. The summed E-state index contributed by atoms with van der Waals surface area (Å²) in [5.74, 6) is -0.306. The van der Waals surface area contributed by atoms with E-state index in [-0.39, 0.29) is 5.91 Å². The molecule has 1 rings (SSSR count). The first kappa shape index (κ1) is 12.8. The molecule has 0 saturated carbocycles. The van der Waals surface area contributed by atoms with Gasteiger partial charge in [-0.3, -0.25) is 4.79 Å². The first-order chi connectivity index (χ1) is 7.49. The maximum Gasteiger partial charge on any atom is 0.312 e. The van der Waals surface area contributed by atoms with E-state index in [4.69, 9.17) is 5.73 Å². The van der Waals surface area contributed by atoms with Crippen LogP contribution in [0.25, 0.3) is 0 Å². The van der Waals surface area contributed by atoms with Gasteiger partial charge in [-0.15, -0.1) is 0 Å². The predicted octanol–water partition coefficient (Wildman–Crippen LogP) is 1.29. The summed E-state index contributed by atoms with van der Waals surface area (Å²) in [6, 6.07) is 5.96. The fraction of sp³-hybridized carbons (Fsp3) is 0.200. The molecule has 0 saturated heterocycles. The molecule has 1 aromatic carbocycles. The largest absolute Gasteiger partial charge is 0.352 e. The van der Waals surface area contributed by atoms with Crippen molar-refractivity contribution >= 4 is 40.2 Å². The van der Waals surface area contributed by atoms with Crippen molar-refractivity contribution in [3.05, 3.63) is 27.8 Å². The average molecular weight is 333 g/mol. The van der Waals surface area contributed by atoms with E-state index in [0.29, 0.717) is 5.69 Å². The van der Waals surface area contributed by atoms with Gasteiger partial charge in [-0.1, -0.05) is 0 Å². The summed E-state index contributed by atoms with van der Waals surface area (Å²) >= 11 is 2.17. The van der Waals surface area contributed by atoms with Crippen LogP contribution in [0.3, 0.4) is 0 Å². The second kappa shape index (κ2) is 5.69. The number of amides is 3. The van der Waals surface area contributed by atoms with Crippen LogP contribution in [-0.2, 0) is 4.79 Å². The summed E-state index contributed by atoms with van der Waals surface area (Å²) in [7, 11) is 0. The van der Waals surface area contributed by atoms with Crippen LogP contribution in [0.5, 0.6) is 0 Å². The molecule has 1 unspecified atom stereocenters. The van der Waals surface area contributed by atoms with Gasteiger partial charge in [0.1, 0.15) is 6.04 Å². The first-order valence-corrected chi connectivity index (χ1v) is 5.69. The topological polar surface area (TPSA) is 84.2 Å². The molecule has 6 heteroatoms. The van der Waals surface area contributed by atoms with Gasteiger partial charge in [0.05, 0.1) is 0 Å². The second-order valence-electron chi connectivity index (χ2n) is 3.23. The number of nitrogens with one attached hydrogen (secondary N) is 2. The van der Waals surface area contributed by atoms with E-state index in [1.165, 1.54) is 0 Å². The van der Waals surface area contributed by atoms with Crippen LogP contribution in [0.2, 0.25) is 0 Å². The molecule has 86 valence electrons. The molecule has 0 radical (unpaired) electrons. The highest BCUT2D eigenvalue weighted by Crippen LogP contribution is 2.11. The Morgan fingerprint density at radius 2 is 1.88 bits per heavy atom. The van der Waals surface area contributed by atoms with E-state index >= 15 is 0 Å². The van der Waals surface area contributed by atoms with Gasteiger partial charge in [0, 0.05) is 9.26 Å². The van der Waals surface area contributed by atoms with Crippen molar-refractivity contribution in [2.75, 3.05) is 5.32 Å². The number of hydrogen-bond acceptors (Lipinski definition) is 2. The van der Waals surface area contributed by atoms with Crippen molar-refractivity contribution in [2.24, 2.45) is 5.73 Å². The summed E-state index contributed by atoms with van der Waals surface area (Å²) in [5.41, 5.74) is 5.60. The molecule has 0 aromatic heterocycles. The lowest BCUT2D eigenvalue weighted by Gasteiger charge is -2.12. The van der Waals surface area contributed by atoms with E-state index in [1.807, 2.05) is 12.1 Å². The minimum Gasteiger partial charge on any atom is -0.352 e. The van der Waals surface area contributed by atoms with Crippen molar-refractivity contribution in [3.63, 3.8) is 0 Å². The molecule has 1 atom stereocenters. The third-order valence-corrected chi connectivity index (χ3v) is 2.58. The van der Waals surface area contributed by atoms with Gasteiger partial charge >= 0.3 is 6.03 Å². The van der Waals surface area contributed by atoms with Crippen molar-refractivity contribution in [3.8, 4) is 0 Å². The van der Waals surface area contributed by atoms with Crippen LogP contribution in [0.4, 0.5) is 10.5 Å². The SMILES string of the molecule is CC(NC(N)=O)C(=O)Nc1ccc(I)cc1. The summed E-state index contributed by atoms with van der Waals surface area (Å²) in [5, 5.41) is 4.96. The number of anilines is 1. The molecule has 16 heavy (non-hydrogen) atoms. The number of benzene rings is 1. The highest BCUT2D eigenvalue weighted by molar-refractivity contribution is 14.1. The van der Waals surface area contributed by atoms with Crippen molar-refractivity contribution in [2.45, 2.75) is 13.0 Å². The van der Waals surface area contributed by atoms with Crippen LogP contribution < -0.4 is 16.4 Å². The maximum atomic E-state index is 11.5. The van der Waals surface area contributed by atoms with Crippen LogP contribution in [0, 0.1) is 3.57 Å². The van der Waals surface area contributed by atoms with Crippen molar-refractivity contribution in [1.29, 1.82) is 0 Å². The highest BCUT2D eigenvalue weighted by Gasteiger charge is 2.13. The molecule has 0 spiro atoms. The van der Waals surface area contributed by atoms with E-state index in [9.17, 15) is 9.59 Å². The summed E-state index contributed by atoms with van der Waals surface area (Å²) < 4.78 is 1.08. The second-order valence-corrected chi connectivity index (χ2v) is 4.47. The van der Waals surface area contributed by atoms with Crippen LogP contribution >= 0.6 is 22.6 Å². The Kier molecular flexibility index (Phi) is 4.53. The Bertz CT molecular complexity index is 392. The van der Waals surface area contributed by atoms with Gasteiger partial charge in [0.15, 0.2) is 0 Å². The third-order valence-electron chi connectivity index (χ3n) is 1.86. The molecule has 5 nitrogen and oxygen atoms in total. The predicted molar refractivity (Wildman–Crippen MR) is 70.0 cm³/mol. The minimum atomic E-state index is -0.717. The van der Waals surface area contributed by atoms with Crippen LogP contribution in [0.1, 0.15) is 6.92 Å². The molecular formula is C10H12IN3O2. The van der Waals surface area contributed by atoms with Crippen molar-refractivity contribution in [1.82, 2.24) is 5.32 Å². The van der Waals surface area contributed by atoms with E-state index in [2.05, 4.69) is 33.2 Å². The normalized spacial score (nSPS) is 11.6. The first-order valence-electron chi connectivity index (χ1n) is 4.61. The zero-order valence-corrected chi connectivity index (χ0v) is 10.8. The Hall–Kier alpha value is -1.31. The number of halogens is 1. The molecule has 0 aliphatic heterocycles. The fourth-order valence-electron chi connectivity index (χ4n) is 1.06. The number of hydrogen-bond donors (Lipinski definition) is 3. The van der Waals surface area contributed by atoms with Gasteiger partial charge in [0.25, 0.3) is 0 Å². The Morgan fingerprint density at radius 1 is 1.31 bits per heavy atom. The molecular weight excluding hydrogens is 321 g/mol. The minimum absolute atomic E-state index is 0.306. The Balaban J connectivity index is 2.57. The lowest BCUT2D eigenvalue weighted by Crippen LogP contribution is -2.44. The van der Waals surface area contributed by atoms with E-state index in [1.54, 1.807) is 19.1 Å². The van der Waals surface area contributed by atoms with E-state index in [0.717, 1.165) is 3.57 Å². The summed E-state index contributed by atoms with van der Waals surface area (Å²) in [4.78, 5) is 22.1. The number of carbonyl (C=O) groups excluding carboxylic acids is 2. The Labute approximate surface area is 107 Å². The quantitative estimate of drug-likeness (QED) is 0.728. The van der Waals surface area contributed by atoms with Crippen LogP contribution in [-0.4, -0.2) is 18.0 Å². The number of primary amides is 1. The standard InChI is InChI=1S/C10H12IN3O2/c1-6(13-10(12)16)9(15)14-8-4-2-7(11)3-5-8/h2-6H,1H3,(H,14,15)(H3,12,13,16). The van der Waals surface area contributed by atoms with Gasteiger partial charge in [-0.25, -0.2) is 4.79 Å². The maximum absolute atomic E-state index is 11.5. The molecule has 0 bridgehead atoms. The summed E-state index contributed by atoms with van der Waals surface area (Å²) in [6.45, 7) is 1.56. The molecule has 0 fully saturated rings. The van der Waals surface area contributed by atoms with E-state index < -0.39 is 12.1 Å². The highest BCUT2D eigenvalue weighted by atomic mass is 127. The molecule has 4 N–H and O–H groups in total. The van der Waals surface area contributed by atoms with Gasteiger partial charge in [-0.05, 0) is 53.8 Å². The Morgan fingerprint density at radius 3 is 2.38 bits per heavy atom. The molecule has 1 aromatic rings. The molecule has 0 heterocycles. The van der Waals surface area contributed by atoms with Gasteiger partial charge < -0.3 is 16.4 Å². The van der Waals surface area contributed by atoms with Gasteiger partial charge in [-0.2, -0.15) is 0 Å². The van der Waals surface area contributed by atoms with Crippen molar-refractivity contribution < 1.29 is 9.59 Å². The van der Waals surface area contributed by atoms with Gasteiger partial charge in [0.2, 0.25) is 5.91 Å². The lowest BCUT2D eigenvalue weighted by molar-refractivity contribution is -0.117. The molecule has 3 amide bonds. The smallest absolute Gasteiger partial charge is 0.312 e. The summed E-state index contributed by atoms with van der Waals surface area (Å²) in [6.07, 6.45) is 0. The zero-order chi connectivity index (χ0) is 12.1.